The molecule has 98 valence electrons. The van der Waals surface area contributed by atoms with E-state index in [1.54, 1.807) is 31.2 Å². The van der Waals surface area contributed by atoms with Crippen LogP contribution < -0.4 is 5.32 Å². The summed E-state index contributed by atoms with van der Waals surface area (Å²) in [5, 5.41) is 14.8. The largest absolute Gasteiger partial charge is 0.375 e. The fraction of sp³-hybridized carbons (Fsp3) is 0.143. The summed E-state index contributed by atoms with van der Waals surface area (Å²) in [4.78, 5) is 10.7. The number of anilines is 1. The van der Waals surface area contributed by atoms with Crippen molar-refractivity contribution in [3.8, 4) is 0 Å². The van der Waals surface area contributed by atoms with Gasteiger partial charge in [0.15, 0.2) is 0 Å². The van der Waals surface area contributed by atoms with Gasteiger partial charge in [-0.3, -0.25) is 10.1 Å². The van der Waals surface area contributed by atoms with Gasteiger partial charge in [-0.15, -0.1) is 0 Å². The number of nitro groups is 1. The average molecular weight is 277 g/mol. The number of halogens is 1. The predicted octanol–water partition coefficient (Wildman–Crippen LogP) is 4.17. The van der Waals surface area contributed by atoms with Crippen LogP contribution in [0.5, 0.6) is 0 Å². The first-order valence-electron chi connectivity index (χ1n) is 5.81. The SMILES string of the molecule is Cc1cccc(NCc2ccccc2Cl)c1[N+](=O)[O-]. The molecule has 0 fully saturated rings. The quantitative estimate of drug-likeness (QED) is 0.673. The maximum Gasteiger partial charge on any atom is 0.295 e. The van der Waals surface area contributed by atoms with Gasteiger partial charge in [0.25, 0.3) is 5.69 Å². The highest BCUT2D eigenvalue weighted by atomic mass is 35.5. The van der Waals surface area contributed by atoms with Crippen LogP contribution in [0.1, 0.15) is 11.1 Å². The second kappa shape index (κ2) is 5.71. The highest BCUT2D eigenvalue weighted by molar-refractivity contribution is 6.31. The van der Waals surface area contributed by atoms with Gasteiger partial charge in [0.1, 0.15) is 5.69 Å². The summed E-state index contributed by atoms with van der Waals surface area (Å²) in [6.45, 7) is 2.17. The molecule has 0 bridgehead atoms. The van der Waals surface area contributed by atoms with Crippen LogP contribution in [-0.2, 0) is 6.54 Å². The third kappa shape index (κ3) is 3.03. The molecule has 0 radical (unpaired) electrons. The van der Waals surface area contributed by atoms with Gasteiger partial charge in [-0.25, -0.2) is 0 Å². The molecule has 4 nitrogen and oxygen atoms in total. The summed E-state index contributed by atoms with van der Waals surface area (Å²) in [6.07, 6.45) is 0. The van der Waals surface area contributed by atoms with Crippen molar-refractivity contribution in [1.82, 2.24) is 0 Å². The molecular weight excluding hydrogens is 264 g/mol. The number of nitrogens with one attached hydrogen (secondary N) is 1. The Bertz CT molecular complexity index is 614. The fourth-order valence-corrected chi connectivity index (χ4v) is 2.08. The van der Waals surface area contributed by atoms with Crippen LogP contribution in [0.3, 0.4) is 0 Å². The maximum atomic E-state index is 11.1. The van der Waals surface area contributed by atoms with Crippen molar-refractivity contribution in [3.05, 3.63) is 68.7 Å². The van der Waals surface area contributed by atoms with E-state index in [1.807, 2.05) is 18.2 Å². The molecule has 2 aromatic rings. The summed E-state index contributed by atoms with van der Waals surface area (Å²) in [5.74, 6) is 0. The minimum atomic E-state index is -0.371. The van der Waals surface area contributed by atoms with E-state index in [1.165, 1.54) is 0 Å². The van der Waals surface area contributed by atoms with Crippen LogP contribution in [0.25, 0.3) is 0 Å². The maximum absolute atomic E-state index is 11.1. The van der Waals surface area contributed by atoms with Crippen molar-refractivity contribution in [2.45, 2.75) is 13.5 Å². The Morgan fingerprint density at radius 3 is 2.63 bits per heavy atom. The van der Waals surface area contributed by atoms with Gasteiger partial charge in [0.2, 0.25) is 0 Å². The van der Waals surface area contributed by atoms with E-state index in [2.05, 4.69) is 5.32 Å². The van der Waals surface area contributed by atoms with Crippen LogP contribution in [0.4, 0.5) is 11.4 Å². The van der Waals surface area contributed by atoms with Crippen LogP contribution in [-0.4, -0.2) is 4.92 Å². The number of hydrogen-bond donors (Lipinski definition) is 1. The number of nitrogens with zero attached hydrogens (tertiary/aromatic N) is 1. The number of rotatable bonds is 4. The second-order valence-electron chi connectivity index (χ2n) is 4.17. The predicted molar refractivity (Wildman–Crippen MR) is 76.6 cm³/mol. The van der Waals surface area contributed by atoms with Crippen molar-refractivity contribution >= 4 is 23.0 Å². The van der Waals surface area contributed by atoms with E-state index in [0.717, 1.165) is 5.56 Å². The van der Waals surface area contributed by atoms with Gasteiger partial charge in [0.05, 0.1) is 4.92 Å². The van der Waals surface area contributed by atoms with Crippen molar-refractivity contribution in [2.24, 2.45) is 0 Å². The van der Waals surface area contributed by atoms with Gasteiger partial charge < -0.3 is 5.32 Å². The van der Waals surface area contributed by atoms with E-state index >= 15 is 0 Å². The molecule has 0 unspecified atom stereocenters. The summed E-state index contributed by atoms with van der Waals surface area (Å²) in [6, 6.07) is 12.6. The van der Waals surface area contributed by atoms with Crippen molar-refractivity contribution in [3.63, 3.8) is 0 Å². The molecule has 0 aliphatic heterocycles. The molecule has 0 aliphatic carbocycles. The molecule has 2 rings (SSSR count). The zero-order valence-electron chi connectivity index (χ0n) is 10.4. The standard InChI is InChI=1S/C14H13ClN2O2/c1-10-5-4-8-13(14(10)17(18)19)16-9-11-6-2-3-7-12(11)15/h2-8,16H,9H2,1H3. The Hall–Kier alpha value is -2.07. The van der Waals surface area contributed by atoms with E-state index in [4.69, 9.17) is 11.6 Å². The molecular formula is C14H13ClN2O2. The molecule has 2 aromatic carbocycles. The van der Waals surface area contributed by atoms with Gasteiger partial charge in [-0.2, -0.15) is 0 Å². The van der Waals surface area contributed by atoms with Crippen LogP contribution in [0, 0.1) is 17.0 Å². The Morgan fingerprint density at radius 2 is 1.95 bits per heavy atom. The summed E-state index contributed by atoms with van der Waals surface area (Å²) < 4.78 is 0. The third-order valence-corrected chi connectivity index (χ3v) is 3.22. The lowest BCUT2D eigenvalue weighted by Gasteiger charge is -2.09. The molecule has 19 heavy (non-hydrogen) atoms. The summed E-state index contributed by atoms with van der Waals surface area (Å²) >= 11 is 6.05. The Balaban J connectivity index is 2.23. The van der Waals surface area contributed by atoms with E-state index in [0.29, 0.717) is 22.8 Å². The molecule has 0 aliphatic rings. The smallest absolute Gasteiger partial charge is 0.295 e. The minimum Gasteiger partial charge on any atom is -0.375 e. The van der Waals surface area contributed by atoms with Crippen molar-refractivity contribution < 1.29 is 4.92 Å². The van der Waals surface area contributed by atoms with E-state index < -0.39 is 0 Å². The van der Waals surface area contributed by atoms with E-state index in [9.17, 15) is 10.1 Å². The van der Waals surface area contributed by atoms with Crippen molar-refractivity contribution in [2.75, 3.05) is 5.32 Å². The molecule has 1 N–H and O–H groups in total. The molecule has 0 atom stereocenters. The Morgan fingerprint density at radius 1 is 1.21 bits per heavy atom. The molecule has 0 saturated carbocycles. The van der Waals surface area contributed by atoms with Gasteiger partial charge >= 0.3 is 0 Å². The number of hydrogen-bond acceptors (Lipinski definition) is 3. The zero-order chi connectivity index (χ0) is 13.8. The number of benzene rings is 2. The normalized spacial score (nSPS) is 10.2. The van der Waals surface area contributed by atoms with Crippen molar-refractivity contribution in [1.29, 1.82) is 0 Å². The molecule has 0 amide bonds. The molecule has 0 aromatic heterocycles. The Kier molecular flexibility index (Phi) is 4.02. The lowest BCUT2D eigenvalue weighted by atomic mass is 10.1. The lowest BCUT2D eigenvalue weighted by Crippen LogP contribution is -2.04. The monoisotopic (exact) mass is 276 g/mol. The molecule has 0 saturated heterocycles. The highest BCUT2D eigenvalue weighted by Crippen LogP contribution is 2.28. The van der Waals surface area contributed by atoms with Gasteiger partial charge in [0, 0.05) is 17.1 Å². The first-order valence-corrected chi connectivity index (χ1v) is 6.18. The average Bonchev–Trinajstić information content (AvgIpc) is 2.37. The number of aryl methyl sites for hydroxylation is 1. The number of para-hydroxylation sites is 1. The molecule has 0 heterocycles. The van der Waals surface area contributed by atoms with Crippen LogP contribution in [0.2, 0.25) is 5.02 Å². The third-order valence-electron chi connectivity index (χ3n) is 2.85. The van der Waals surface area contributed by atoms with Crippen LogP contribution >= 0.6 is 11.6 Å². The molecule has 5 heteroatoms. The topological polar surface area (TPSA) is 55.2 Å². The number of nitro benzene ring substituents is 1. The lowest BCUT2D eigenvalue weighted by molar-refractivity contribution is -0.384. The van der Waals surface area contributed by atoms with Crippen LogP contribution in [0.15, 0.2) is 42.5 Å². The van der Waals surface area contributed by atoms with Gasteiger partial charge in [-0.1, -0.05) is 41.9 Å². The minimum absolute atomic E-state index is 0.106. The molecule has 0 spiro atoms. The fourth-order valence-electron chi connectivity index (χ4n) is 1.88. The highest BCUT2D eigenvalue weighted by Gasteiger charge is 2.16. The second-order valence-corrected chi connectivity index (χ2v) is 4.58. The first-order chi connectivity index (χ1) is 9.09. The van der Waals surface area contributed by atoms with Gasteiger partial charge in [-0.05, 0) is 24.6 Å². The first kappa shape index (κ1) is 13.4. The summed E-state index contributed by atoms with van der Waals surface area (Å²) in [7, 11) is 0. The summed E-state index contributed by atoms with van der Waals surface area (Å²) in [5.41, 5.74) is 2.15. The zero-order valence-corrected chi connectivity index (χ0v) is 11.1. The van der Waals surface area contributed by atoms with E-state index in [-0.39, 0.29) is 10.6 Å². The Labute approximate surface area is 116 Å².